The number of aromatic nitrogens is 1. The van der Waals surface area contributed by atoms with Crippen LogP contribution in [0.5, 0.6) is 0 Å². The lowest BCUT2D eigenvalue weighted by atomic mass is 9.97. The molecule has 1 unspecified atom stereocenters. The third-order valence-corrected chi connectivity index (χ3v) is 6.70. The number of nitrogens with zero attached hydrogens (tertiary/aromatic N) is 2. The van der Waals surface area contributed by atoms with Crippen LogP contribution < -0.4 is 0 Å². The molecule has 176 valence electrons. The quantitative estimate of drug-likeness (QED) is 0.148. The highest BCUT2D eigenvalue weighted by Crippen LogP contribution is 2.32. The van der Waals surface area contributed by atoms with Crippen LogP contribution in [-0.2, 0) is 16.2 Å². The number of hydrogen-bond acceptors (Lipinski definition) is 3. The average Bonchev–Trinajstić information content (AvgIpc) is 3.15. The first-order valence-corrected chi connectivity index (χ1v) is 12.4. The smallest absolute Gasteiger partial charge is 0.332 e. The van der Waals surface area contributed by atoms with Gasteiger partial charge in [-0.05, 0) is 43.0 Å². The van der Waals surface area contributed by atoms with Gasteiger partial charge in [0.05, 0.1) is 0 Å². The van der Waals surface area contributed by atoms with Crippen molar-refractivity contribution in [2.75, 3.05) is 0 Å². The Hall–Kier alpha value is -3.40. The van der Waals surface area contributed by atoms with Crippen molar-refractivity contribution in [2.45, 2.75) is 59.9 Å². The van der Waals surface area contributed by atoms with E-state index in [1.807, 2.05) is 31.2 Å². The highest BCUT2D eigenvalue weighted by molar-refractivity contribution is 6.17. The minimum Gasteiger partial charge on any atom is -0.340 e. The molecule has 0 aliphatic heterocycles. The Kier molecular flexibility index (Phi) is 7.46. The minimum atomic E-state index is -0.429. The Bertz CT molecular complexity index is 1330. The van der Waals surface area contributed by atoms with Gasteiger partial charge < -0.3 is 9.40 Å². The van der Waals surface area contributed by atoms with Gasteiger partial charge >= 0.3 is 5.97 Å². The third kappa shape index (κ3) is 4.91. The zero-order chi connectivity index (χ0) is 24.1. The van der Waals surface area contributed by atoms with Crippen LogP contribution in [0.2, 0.25) is 0 Å². The van der Waals surface area contributed by atoms with Crippen LogP contribution in [-0.4, -0.2) is 16.2 Å². The topological polar surface area (TPSA) is 43.6 Å². The number of rotatable bonds is 9. The number of carbonyl (C=O) groups is 1. The largest absolute Gasteiger partial charge is 0.340 e. The van der Waals surface area contributed by atoms with Crippen LogP contribution in [0, 0.1) is 12.8 Å². The predicted octanol–water partition coefficient (Wildman–Crippen LogP) is 7.63. The lowest BCUT2D eigenvalue weighted by Crippen LogP contribution is -2.10. The molecule has 0 bridgehead atoms. The summed E-state index contributed by atoms with van der Waals surface area (Å²) in [6.07, 6.45) is 4.94. The van der Waals surface area contributed by atoms with Crippen molar-refractivity contribution in [1.29, 1.82) is 0 Å². The van der Waals surface area contributed by atoms with Crippen molar-refractivity contribution < 1.29 is 9.63 Å². The van der Waals surface area contributed by atoms with E-state index in [1.54, 1.807) is 0 Å². The van der Waals surface area contributed by atoms with Gasteiger partial charge in [0.1, 0.15) is 5.71 Å². The van der Waals surface area contributed by atoms with Gasteiger partial charge in [0.25, 0.3) is 0 Å². The molecule has 4 aromatic rings. The SMILES string of the molecule is CCCCC(CC)Cn1c2ccccc2c2cc(C(=NOC(C)=O)c3ccccc3C)ccc21. The van der Waals surface area contributed by atoms with Gasteiger partial charge in [-0.1, -0.05) is 86.8 Å². The van der Waals surface area contributed by atoms with E-state index < -0.39 is 5.97 Å². The molecular weight excluding hydrogens is 420 g/mol. The fourth-order valence-corrected chi connectivity index (χ4v) is 4.78. The van der Waals surface area contributed by atoms with Crippen molar-refractivity contribution >= 4 is 33.5 Å². The molecular formula is C30H34N2O2. The molecule has 4 nitrogen and oxygen atoms in total. The lowest BCUT2D eigenvalue weighted by Gasteiger charge is -2.17. The van der Waals surface area contributed by atoms with Crippen LogP contribution in [0.15, 0.2) is 71.9 Å². The third-order valence-electron chi connectivity index (χ3n) is 6.70. The summed E-state index contributed by atoms with van der Waals surface area (Å²) in [7, 11) is 0. The van der Waals surface area contributed by atoms with Crippen molar-refractivity contribution in [3.63, 3.8) is 0 Å². The Morgan fingerprint density at radius 3 is 2.44 bits per heavy atom. The number of para-hydroxylation sites is 1. The standard InChI is InChI=1S/C30H34N2O2/c1-5-7-13-23(6-2)20-32-28-16-11-10-15-26(28)27-19-24(17-18-29(27)32)30(31-34-22(4)33)25-14-9-8-12-21(25)3/h8-12,14-19,23H,5-7,13,20H2,1-4H3. The molecule has 0 radical (unpaired) electrons. The molecule has 1 heterocycles. The average molecular weight is 455 g/mol. The Morgan fingerprint density at radius 1 is 0.971 bits per heavy atom. The molecule has 0 aliphatic carbocycles. The molecule has 1 atom stereocenters. The fourth-order valence-electron chi connectivity index (χ4n) is 4.78. The highest BCUT2D eigenvalue weighted by Gasteiger charge is 2.17. The Balaban J connectivity index is 1.86. The first-order valence-electron chi connectivity index (χ1n) is 12.4. The Morgan fingerprint density at radius 2 is 1.71 bits per heavy atom. The first-order chi connectivity index (χ1) is 16.5. The number of fused-ring (bicyclic) bond motifs is 3. The summed E-state index contributed by atoms with van der Waals surface area (Å²) in [4.78, 5) is 16.7. The number of oxime groups is 1. The number of unbranched alkanes of at least 4 members (excludes halogenated alkanes) is 1. The summed E-state index contributed by atoms with van der Waals surface area (Å²) >= 11 is 0. The van der Waals surface area contributed by atoms with Crippen molar-refractivity contribution in [3.05, 3.63) is 83.4 Å². The number of hydrogen-bond donors (Lipinski definition) is 0. The second-order valence-corrected chi connectivity index (χ2v) is 9.11. The summed E-state index contributed by atoms with van der Waals surface area (Å²) in [5.41, 5.74) is 6.14. The van der Waals surface area contributed by atoms with Crippen LogP contribution in [0.25, 0.3) is 21.8 Å². The molecule has 0 fully saturated rings. The van der Waals surface area contributed by atoms with Gasteiger partial charge in [-0.3, -0.25) is 0 Å². The lowest BCUT2D eigenvalue weighted by molar-refractivity contribution is -0.140. The van der Waals surface area contributed by atoms with Crippen LogP contribution in [0.3, 0.4) is 0 Å². The van der Waals surface area contributed by atoms with Gasteiger partial charge in [0.2, 0.25) is 0 Å². The number of carbonyl (C=O) groups excluding carboxylic acids is 1. The van der Waals surface area contributed by atoms with Gasteiger partial charge in [-0.15, -0.1) is 0 Å². The van der Waals surface area contributed by atoms with Gasteiger partial charge in [0, 0.05) is 46.4 Å². The van der Waals surface area contributed by atoms with Gasteiger partial charge in [-0.25, -0.2) is 4.79 Å². The van der Waals surface area contributed by atoms with Crippen molar-refractivity contribution in [2.24, 2.45) is 11.1 Å². The second-order valence-electron chi connectivity index (χ2n) is 9.11. The molecule has 0 saturated heterocycles. The molecule has 0 N–H and O–H groups in total. The fraction of sp³-hybridized carbons (Fsp3) is 0.333. The molecule has 4 rings (SSSR count). The van der Waals surface area contributed by atoms with E-state index in [1.165, 1.54) is 54.4 Å². The predicted molar refractivity (Wildman–Crippen MR) is 141 cm³/mol. The molecule has 0 aliphatic rings. The molecule has 0 amide bonds. The van der Waals surface area contributed by atoms with Crippen molar-refractivity contribution in [3.8, 4) is 0 Å². The molecule has 34 heavy (non-hydrogen) atoms. The monoisotopic (exact) mass is 454 g/mol. The minimum absolute atomic E-state index is 0.429. The molecule has 1 aromatic heterocycles. The number of aryl methyl sites for hydroxylation is 1. The summed E-state index contributed by atoms with van der Waals surface area (Å²) < 4.78 is 2.48. The van der Waals surface area contributed by atoms with Crippen LogP contribution in [0.4, 0.5) is 0 Å². The maximum atomic E-state index is 11.6. The molecule has 0 saturated carbocycles. The maximum absolute atomic E-state index is 11.6. The number of benzene rings is 3. The van der Waals surface area contributed by atoms with Crippen molar-refractivity contribution in [1.82, 2.24) is 4.57 Å². The zero-order valence-corrected chi connectivity index (χ0v) is 20.7. The molecule has 3 aromatic carbocycles. The van der Waals surface area contributed by atoms with Gasteiger partial charge in [-0.2, -0.15) is 0 Å². The van der Waals surface area contributed by atoms with E-state index in [2.05, 4.69) is 66.0 Å². The van der Waals surface area contributed by atoms with E-state index >= 15 is 0 Å². The summed E-state index contributed by atoms with van der Waals surface area (Å²) in [5, 5.41) is 6.71. The van der Waals surface area contributed by atoms with E-state index in [4.69, 9.17) is 4.84 Å². The second kappa shape index (κ2) is 10.7. The van der Waals surface area contributed by atoms with E-state index in [-0.39, 0.29) is 0 Å². The Labute approximate surface area is 202 Å². The zero-order valence-electron chi connectivity index (χ0n) is 20.7. The molecule has 0 spiro atoms. The summed E-state index contributed by atoms with van der Waals surface area (Å²) in [6, 6.07) is 23.2. The first kappa shape index (κ1) is 23.7. The molecule has 4 heteroatoms. The normalized spacial score (nSPS) is 12.9. The van der Waals surface area contributed by atoms with E-state index in [9.17, 15) is 4.79 Å². The summed E-state index contributed by atoms with van der Waals surface area (Å²) in [6.45, 7) is 9.00. The van der Waals surface area contributed by atoms with Crippen LogP contribution >= 0.6 is 0 Å². The van der Waals surface area contributed by atoms with E-state index in [0.29, 0.717) is 11.6 Å². The summed E-state index contributed by atoms with van der Waals surface area (Å²) in [5.74, 6) is 0.230. The van der Waals surface area contributed by atoms with Crippen LogP contribution in [0.1, 0.15) is 63.1 Å². The highest BCUT2D eigenvalue weighted by atomic mass is 16.7. The van der Waals surface area contributed by atoms with Gasteiger partial charge in [0.15, 0.2) is 0 Å². The maximum Gasteiger partial charge on any atom is 0.332 e. The van der Waals surface area contributed by atoms with E-state index in [0.717, 1.165) is 23.2 Å².